The molecule has 0 aromatic carbocycles. The summed E-state index contributed by atoms with van der Waals surface area (Å²) in [6.07, 6.45) is 9.17. The predicted octanol–water partition coefficient (Wildman–Crippen LogP) is 1.65. The number of carbonyl (C=O) groups is 3. The van der Waals surface area contributed by atoms with Crippen LogP contribution in [0.2, 0.25) is 0 Å². The highest BCUT2D eigenvalue weighted by molar-refractivity contribution is 6.38. The molecule has 1 saturated heterocycles. The molecule has 2 saturated carbocycles. The molecule has 5 heteroatoms. The number of amides is 2. The van der Waals surface area contributed by atoms with Gasteiger partial charge >= 0.3 is 0 Å². The number of rotatable bonds is 6. The summed E-state index contributed by atoms with van der Waals surface area (Å²) in [4.78, 5) is 38.2. The van der Waals surface area contributed by atoms with Gasteiger partial charge in [0.1, 0.15) is 6.04 Å². The largest absolute Gasteiger partial charge is 0.349 e. The van der Waals surface area contributed by atoms with Crippen LogP contribution in [-0.2, 0) is 14.4 Å². The number of likely N-dealkylation sites (tertiary alicyclic amines) is 1. The van der Waals surface area contributed by atoms with Gasteiger partial charge in [-0.1, -0.05) is 19.3 Å². The maximum Gasteiger partial charge on any atom is 0.289 e. The maximum atomic E-state index is 12.4. The first-order chi connectivity index (χ1) is 10.6. The lowest BCUT2D eigenvalue weighted by Gasteiger charge is -2.30. The summed E-state index contributed by atoms with van der Waals surface area (Å²) in [6.45, 7) is 1.26. The van der Waals surface area contributed by atoms with Gasteiger partial charge in [-0.15, -0.1) is 0 Å². The third kappa shape index (κ3) is 3.68. The first-order valence-corrected chi connectivity index (χ1v) is 8.76. The second-order valence-electron chi connectivity index (χ2n) is 7.12. The van der Waals surface area contributed by atoms with Crippen LogP contribution in [0, 0.1) is 11.8 Å². The van der Waals surface area contributed by atoms with E-state index in [9.17, 15) is 14.4 Å². The third-order valence-electron chi connectivity index (χ3n) is 5.28. The van der Waals surface area contributed by atoms with Gasteiger partial charge in [0.25, 0.3) is 5.91 Å². The standard InChI is InChI=1S/C17H26N2O3/c20-15-9-8-14(16(21)17(22)18-10-12-6-7-12)19(15)11-13-4-2-1-3-5-13/h12-14H,1-11H2,(H,18,22). The lowest BCUT2D eigenvalue weighted by molar-refractivity contribution is -0.143. The SMILES string of the molecule is O=C(NCC1CC1)C(=O)C1CCC(=O)N1CC1CCCCC1. The molecule has 0 bridgehead atoms. The summed E-state index contributed by atoms with van der Waals surface area (Å²) < 4.78 is 0. The molecule has 1 aliphatic heterocycles. The quantitative estimate of drug-likeness (QED) is 0.759. The lowest BCUT2D eigenvalue weighted by Crippen LogP contribution is -2.47. The monoisotopic (exact) mass is 306 g/mol. The summed E-state index contributed by atoms with van der Waals surface area (Å²) in [7, 11) is 0. The second-order valence-corrected chi connectivity index (χ2v) is 7.12. The molecular formula is C17H26N2O3. The Hall–Kier alpha value is -1.39. The Labute approximate surface area is 131 Å². The Bertz CT molecular complexity index is 453. The molecule has 0 aromatic rings. The third-order valence-corrected chi connectivity index (χ3v) is 5.28. The first kappa shape index (κ1) is 15.5. The Morgan fingerprint density at radius 1 is 1.00 bits per heavy atom. The number of hydrogen-bond donors (Lipinski definition) is 1. The van der Waals surface area contributed by atoms with E-state index in [1.54, 1.807) is 4.90 Å². The van der Waals surface area contributed by atoms with Crippen LogP contribution in [-0.4, -0.2) is 41.6 Å². The minimum absolute atomic E-state index is 0.0407. The fourth-order valence-electron chi connectivity index (χ4n) is 3.68. The fourth-order valence-corrected chi connectivity index (χ4v) is 3.68. The van der Waals surface area contributed by atoms with E-state index < -0.39 is 17.7 Å². The highest BCUT2D eigenvalue weighted by Gasteiger charge is 2.40. The van der Waals surface area contributed by atoms with Crippen LogP contribution in [0.1, 0.15) is 57.8 Å². The summed E-state index contributed by atoms with van der Waals surface area (Å²) in [5.41, 5.74) is 0. The zero-order valence-electron chi connectivity index (χ0n) is 13.2. The molecule has 0 radical (unpaired) electrons. The van der Waals surface area contributed by atoms with E-state index in [2.05, 4.69) is 5.32 Å². The van der Waals surface area contributed by atoms with E-state index >= 15 is 0 Å². The van der Waals surface area contributed by atoms with Gasteiger partial charge in [-0.05, 0) is 43.9 Å². The van der Waals surface area contributed by atoms with Gasteiger partial charge in [-0.3, -0.25) is 14.4 Å². The zero-order chi connectivity index (χ0) is 15.5. The van der Waals surface area contributed by atoms with E-state index in [-0.39, 0.29) is 5.91 Å². The molecule has 1 N–H and O–H groups in total. The molecule has 2 amide bonds. The smallest absolute Gasteiger partial charge is 0.289 e. The Morgan fingerprint density at radius 2 is 1.73 bits per heavy atom. The minimum atomic E-state index is -0.520. The zero-order valence-corrected chi connectivity index (χ0v) is 13.2. The van der Waals surface area contributed by atoms with E-state index in [1.807, 2.05) is 0 Å². The van der Waals surface area contributed by atoms with Crippen LogP contribution in [0.3, 0.4) is 0 Å². The molecule has 0 aromatic heterocycles. The Morgan fingerprint density at radius 3 is 2.41 bits per heavy atom. The normalized spacial score (nSPS) is 26.3. The molecule has 3 aliphatic rings. The highest BCUT2D eigenvalue weighted by Crippen LogP contribution is 2.29. The van der Waals surface area contributed by atoms with Crippen LogP contribution in [0.4, 0.5) is 0 Å². The van der Waals surface area contributed by atoms with Crippen molar-refractivity contribution in [1.29, 1.82) is 0 Å². The van der Waals surface area contributed by atoms with Crippen molar-refractivity contribution in [2.75, 3.05) is 13.1 Å². The van der Waals surface area contributed by atoms with Crippen molar-refractivity contribution in [3.05, 3.63) is 0 Å². The van der Waals surface area contributed by atoms with Crippen molar-refractivity contribution >= 4 is 17.6 Å². The lowest BCUT2D eigenvalue weighted by atomic mass is 9.88. The van der Waals surface area contributed by atoms with Crippen molar-refractivity contribution in [2.24, 2.45) is 11.8 Å². The van der Waals surface area contributed by atoms with Crippen molar-refractivity contribution in [1.82, 2.24) is 10.2 Å². The van der Waals surface area contributed by atoms with Gasteiger partial charge in [-0.2, -0.15) is 0 Å². The molecule has 0 spiro atoms. The molecular weight excluding hydrogens is 280 g/mol. The molecule has 1 atom stereocenters. The molecule has 22 heavy (non-hydrogen) atoms. The summed E-state index contributed by atoms with van der Waals surface area (Å²) in [5, 5.41) is 2.73. The van der Waals surface area contributed by atoms with Gasteiger partial charge < -0.3 is 10.2 Å². The molecule has 122 valence electrons. The maximum absolute atomic E-state index is 12.4. The van der Waals surface area contributed by atoms with Crippen molar-refractivity contribution in [3.63, 3.8) is 0 Å². The van der Waals surface area contributed by atoms with Crippen LogP contribution < -0.4 is 5.32 Å². The average molecular weight is 306 g/mol. The van der Waals surface area contributed by atoms with Crippen molar-refractivity contribution < 1.29 is 14.4 Å². The fraction of sp³-hybridized carbons (Fsp3) is 0.824. The molecule has 3 fully saturated rings. The van der Waals surface area contributed by atoms with Crippen molar-refractivity contribution in [3.8, 4) is 0 Å². The number of nitrogens with one attached hydrogen (secondary N) is 1. The summed E-state index contributed by atoms with van der Waals surface area (Å²) >= 11 is 0. The van der Waals surface area contributed by atoms with Gasteiger partial charge in [0.2, 0.25) is 11.7 Å². The van der Waals surface area contributed by atoms with Gasteiger partial charge in [0.05, 0.1) is 0 Å². The summed E-state index contributed by atoms with van der Waals surface area (Å²) in [6, 6.07) is -0.520. The predicted molar refractivity (Wildman–Crippen MR) is 82.1 cm³/mol. The number of Topliss-reactive ketones (excluding diaryl/α,β-unsaturated/α-hetero) is 1. The van der Waals surface area contributed by atoms with Crippen LogP contribution in [0.15, 0.2) is 0 Å². The molecule has 1 heterocycles. The number of hydrogen-bond acceptors (Lipinski definition) is 3. The number of nitrogens with zero attached hydrogens (tertiary/aromatic N) is 1. The number of ketones is 1. The average Bonchev–Trinajstić information content (AvgIpc) is 3.30. The van der Waals surface area contributed by atoms with Gasteiger partial charge in [-0.25, -0.2) is 0 Å². The molecule has 1 unspecified atom stereocenters. The Balaban J connectivity index is 1.56. The second kappa shape index (κ2) is 6.80. The summed E-state index contributed by atoms with van der Waals surface area (Å²) in [5.74, 6) is 0.183. The van der Waals surface area contributed by atoms with Crippen molar-refractivity contribution in [2.45, 2.75) is 63.8 Å². The minimum Gasteiger partial charge on any atom is -0.349 e. The van der Waals surface area contributed by atoms with E-state index in [0.29, 0.717) is 37.8 Å². The van der Waals surface area contributed by atoms with Crippen LogP contribution >= 0.6 is 0 Å². The number of carbonyl (C=O) groups excluding carboxylic acids is 3. The van der Waals surface area contributed by atoms with E-state index in [1.165, 1.54) is 19.3 Å². The highest BCUT2D eigenvalue weighted by atomic mass is 16.2. The molecule has 5 nitrogen and oxygen atoms in total. The van der Waals surface area contributed by atoms with Crippen LogP contribution in [0.25, 0.3) is 0 Å². The molecule has 3 rings (SSSR count). The van der Waals surface area contributed by atoms with E-state index in [0.717, 1.165) is 25.7 Å². The molecule has 2 aliphatic carbocycles. The van der Waals surface area contributed by atoms with E-state index in [4.69, 9.17) is 0 Å². The van der Waals surface area contributed by atoms with Gasteiger partial charge in [0.15, 0.2) is 0 Å². The topological polar surface area (TPSA) is 66.5 Å². The first-order valence-electron chi connectivity index (χ1n) is 8.76. The van der Waals surface area contributed by atoms with Crippen LogP contribution in [0.5, 0.6) is 0 Å². The van der Waals surface area contributed by atoms with Gasteiger partial charge in [0, 0.05) is 19.5 Å². The Kier molecular flexibility index (Phi) is 4.79.